The lowest BCUT2D eigenvalue weighted by atomic mass is 10.3. The molecule has 15 rings (SSSR count). The van der Waals surface area contributed by atoms with Crippen molar-refractivity contribution in [1.82, 2.24) is 0 Å². The van der Waals surface area contributed by atoms with E-state index >= 15 is 0 Å². The minimum absolute atomic E-state index is 0.172. The lowest BCUT2D eigenvalue weighted by Crippen LogP contribution is -2.48. The van der Waals surface area contributed by atoms with E-state index < -0.39 is 48.3 Å². The molecule has 0 aliphatic carbocycles. The van der Waals surface area contributed by atoms with Crippen LogP contribution >= 0.6 is 36.3 Å². The Hall–Kier alpha value is -10.7. The summed E-state index contributed by atoms with van der Waals surface area (Å²) < 4.78 is 17.1. The highest BCUT2D eigenvalue weighted by Gasteiger charge is 2.70. The largest absolute Gasteiger partial charge is 0.366 e. The summed E-state index contributed by atoms with van der Waals surface area (Å²) in [6, 6.07) is 165. The van der Waals surface area contributed by atoms with Gasteiger partial charge in [0.05, 0.1) is 0 Å². The molecule has 0 N–H and O–H groups in total. The maximum absolute atomic E-state index is 12.0. The summed E-state index contributed by atoms with van der Waals surface area (Å²) in [5, 5.41) is 20.1. The summed E-state index contributed by atoms with van der Waals surface area (Å²) in [5.41, 5.74) is -0.172. The third kappa shape index (κ3) is 16.5. The van der Waals surface area contributed by atoms with Crippen LogP contribution in [0.4, 0.5) is 0 Å². The highest BCUT2D eigenvalue weighted by atomic mass is 31.2. The van der Waals surface area contributed by atoms with E-state index in [-0.39, 0.29) is 11.0 Å². The Morgan fingerprint density at radius 1 is 0.188 bits per heavy atom. The second-order valence-electron chi connectivity index (χ2n) is 26.6. The molecule has 0 saturated carbocycles. The molecule has 0 aliphatic heterocycles. The third-order valence-corrected chi connectivity index (χ3v) is 46.7. The Bertz CT molecular complexity index is 4500. The van der Waals surface area contributed by atoms with E-state index in [4.69, 9.17) is 9.47 Å². The van der Waals surface area contributed by atoms with E-state index in [0.29, 0.717) is 12.6 Å². The molecule has 0 radical (unpaired) electrons. The highest BCUT2D eigenvalue weighted by Crippen LogP contribution is 2.78. The Morgan fingerprint density at radius 3 is 0.438 bits per heavy atom. The Balaban J connectivity index is 0.000000154. The summed E-state index contributed by atoms with van der Waals surface area (Å²) in [6.07, 6.45) is 0.945. The molecule has 0 amide bonds. The van der Waals surface area contributed by atoms with Gasteiger partial charge in [0.25, 0.3) is 5.59 Å². The van der Waals surface area contributed by atoms with Crippen molar-refractivity contribution in [2.24, 2.45) is 0 Å². The summed E-state index contributed by atoms with van der Waals surface area (Å²) in [7, 11) is -6.75. The number of methoxy groups -OCH3 is 3. The number of hydrogen-bond acceptors (Lipinski definition) is 6. The molecule has 1 atom stereocenters. The van der Waals surface area contributed by atoms with Gasteiger partial charge >= 0.3 is 0 Å². The summed E-state index contributed by atoms with van der Waals surface area (Å²) in [5.74, 6) is -0.523. The molecule has 0 spiro atoms. The van der Waals surface area contributed by atoms with Gasteiger partial charge in [-0.25, -0.2) is 0 Å². The Morgan fingerprint density at radius 2 is 0.330 bits per heavy atom. The SMILES string of the molecule is CC([P+](c1ccccc1)(c1ccccc1)c1ccccc1)[P+](c1ccccc1)(c1ccccc1)c1ccccc1.COC(C=O)C=O.COC(C=O)[P+](c1ccccc1)(c1ccccc1)c1ccccc1.COC([P+](c1ccccc1)(c1ccccc1)c1ccccc1)[P+](c1ccccc1)(c1ccccc1)c1ccccc1. The first kappa shape index (κ1) is 80.8. The van der Waals surface area contributed by atoms with Crippen molar-refractivity contribution in [2.75, 3.05) is 21.3 Å². The summed E-state index contributed by atoms with van der Waals surface area (Å²) in [6.45, 7) is 2.56. The van der Waals surface area contributed by atoms with Crippen LogP contribution in [0.15, 0.2) is 455 Å². The van der Waals surface area contributed by atoms with E-state index in [1.807, 2.05) is 61.7 Å². The molecule has 0 saturated heterocycles. The molecule has 15 aromatic rings. The van der Waals surface area contributed by atoms with Crippen molar-refractivity contribution in [3.63, 3.8) is 0 Å². The zero-order valence-corrected chi connectivity index (χ0v) is 68.0. The standard InChI is InChI=1S/C38H34OP2.C38H34P2.C21H20O2P.C4H6O3/c1-39-38(40(32-20-8-2-9-21-32,33-22-10-3-11-23-33)34-24-12-4-13-25-34)41(35-26-14-5-15-27-35,36-28-16-6-17-29-36)37-30-18-7-19-31-37;1-32(39(33-20-8-2-9-21-33,34-22-10-3-11-23-34)35-24-12-4-13-25-35)40(36-26-14-5-15-27-36,37-28-16-6-17-29-37)38-30-18-7-19-31-38;1-23-21(17-22)24(18-11-5-2-6-12-18,19-13-7-3-8-14-19)20-15-9-4-10-16-20;1-7-4(2-5)3-6/h2-31,38H,1H3;2-32H,1H3;2-17,21H,1H3;2-4H,1H3/q2*+2;+1;. The van der Waals surface area contributed by atoms with Crippen LogP contribution in [-0.2, 0) is 28.6 Å². The fourth-order valence-corrected chi connectivity index (χ4v) is 45.2. The molecule has 0 heterocycles. The number of hydrogen-bond donors (Lipinski definition) is 0. The number of rotatable bonds is 26. The molecule has 0 aliphatic rings. The van der Waals surface area contributed by atoms with E-state index in [1.54, 1.807) is 7.11 Å². The second-order valence-corrected chi connectivity index (χ2v) is 45.4. The lowest BCUT2D eigenvalue weighted by Gasteiger charge is -2.40. The smallest absolute Gasteiger partial charge is 0.296 e. The van der Waals surface area contributed by atoms with Crippen molar-refractivity contribution in [3.05, 3.63) is 455 Å². The van der Waals surface area contributed by atoms with Gasteiger partial charge in [-0.05, 0) is 182 Å². The predicted octanol–water partition coefficient (Wildman–Crippen LogP) is 16.8. The normalized spacial score (nSPS) is 11.8. The van der Waals surface area contributed by atoms with Crippen LogP contribution in [0.2, 0.25) is 0 Å². The van der Waals surface area contributed by atoms with E-state index in [9.17, 15) is 14.4 Å². The van der Waals surface area contributed by atoms with Gasteiger partial charge in [-0.2, -0.15) is 0 Å². The van der Waals surface area contributed by atoms with Gasteiger partial charge in [-0.1, -0.05) is 273 Å². The Labute approximate surface area is 665 Å². The van der Waals surface area contributed by atoms with Crippen molar-refractivity contribution < 1.29 is 28.6 Å². The summed E-state index contributed by atoms with van der Waals surface area (Å²) in [4.78, 5) is 31.2. The number of carbonyl (C=O) groups excluding carboxylic acids is 3. The van der Waals surface area contributed by atoms with Gasteiger partial charge in [0.15, 0.2) is 59.4 Å². The molecule has 0 fully saturated rings. The van der Waals surface area contributed by atoms with Gasteiger partial charge in [-0.15, -0.1) is 0 Å². The van der Waals surface area contributed by atoms with Gasteiger partial charge in [-0.3, -0.25) is 14.4 Å². The molecule has 15 aromatic carbocycles. The third-order valence-electron chi connectivity index (χ3n) is 20.7. The maximum atomic E-state index is 12.0. The van der Waals surface area contributed by atoms with Crippen molar-refractivity contribution in [1.29, 1.82) is 0 Å². The number of carbonyl (C=O) groups is 3. The molecule has 1 unspecified atom stereocenters. The van der Waals surface area contributed by atoms with E-state index in [0.717, 1.165) is 22.2 Å². The number of benzene rings is 15. The highest BCUT2D eigenvalue weighted by molar-refractivity contribution is 8.12. The lowest BCUT2D eigenvalue weighted by molar-refractivity contribution is -0.126. The first-order valence-corrected chi connectivity index (χ1v) is 46.8. The first-order valence-electron chi connectivity index (χ1n) is 37.5. The van der Waals surface area contributed by atoms with Crippen molar-refractivity contribution in [2.45, 2.75) is 29.9 Å². The van der Waals surface area contributed by atoms with Gasteiger partial charge in [0, 0.05) is 28.3 Å². The van der Waals surface area contributed by atoms with E-state index in [1.165, 1.54) is 70.8 Å². The zero-order chi connectivity index (χ0) is 77.7. The fourth-order valence-electron chi connectivity index (χ4n) is 16.0. The molecular weight excluding hydrogens is 1460 g/mol. The van der Waals surface area contributed by atoms with E-state index in [2.05, 4.69) is 412 Å². The predicted molar refractivity (Wildman–Crippen MR) is 486 cm³/mol. The van der Waals surface area contributed by atoms with Crippen LogP contribution in [0.5, 0.6) is 0 Å². The van der Waals surface area contributed by atoms with Crippen LogP contribution in [0.3, 0.4) is 0 Å². The average Bonchev–Trinajstić information content (AvgIpc) is 0.707. The average molecular weight is 1560 g/mol. The van der Waals surface area contributed by atoms with Crippen LogP contribution in [0.25, 0.3) is 0 Å². The van der Waals surface area contributed by atoms with Gasteiger partial charge in [0.1, 0.15) is 86.8 Å². The molecular formula is C101H94O6P5+5. The minimum Gasteiger partial charge on any atom is -0.366 e. The van der Waals surface area contributed by atoms with Crippen molar-refractivity contribution in [3.8, 4) is 0 Å². The van der Waals surface area contributed by atoms with Gasteiger partial charge < -0.3 is 14.2 Å². The fraction of sp³-hybridized carbons (Fsp3) is 0.0792. The number of ether oxygens (including phenoxy) is 3. The Kier molecular flexibility index (Phi) is 28.9. The molecule has 112 heavy (non-hydrogen) atoms. The molecule has 0 bridgehead atoms. The van der Waals surface area contributed by atoms with Crippen molar-refractivity contribution >= 4 is 135 Å². The first-order chi connectivity index (χ1) is 55.3. The summed E-state index contributed by atoms with van der Waals surface area (Å²) >= 11 is 0. The van der Waals surface area contributed by atoms with Crippen LogP contribution in [0, 0.1) is 0 Å². The molecule has 554 valence electrons. The van der Waals surface area contributed by atoms with Crippen LogP contribution in [0.1, 0.15) is 6.92 Å². The molecule has 11 heteroatoms. The monoisotopic (exact) mass is 1560 g/mol. The number of aldehydes is 3. The minimum atomic E-state index is -2.45. The molecule has 6 nitrogen and oxygen atoms in total. The maximum Gasteiger partial charge on any atom is 0.296 e. The van der Waals surface area contributed by atoms with Crippen LogP contribution < -0.4 is 79.6 Å². The molecule has 0 aromatic heterocycles. The van der Waals surface area contributed by atoms with Crippen LogP contribution in [-0.4, -0.2) is 63.1 Å². The quantitative estimate of drug-likeness (QED) is 0.0305. The zero-order valence-electron chi connectivity index (χ0n) is 63.5. The second kappa shape index (κ2) is 40.0. The topological polar surface area (TPSA) is 78.9 Å². The van der Waals surface area contributed by atoms with Gasteiger partial charge in [0.2, 0.25) is 5.85 Å².